The number of rotatable bonds is 1. The van der Waals surface area contributed by atoms with Gasteiger partial charge in [0, 0.05) is 13.1 Å². The maximum atomic E-state index is 13.8. The molecular formula is C14H13ClFN3O3. The summed E-state index contributed by atoms with van der Waals surface area (Å²) in [5, 5.41) is 4.85. The summed E-state index contributed by atoms with van der Waals surface area (Å²) >= 11 is 5.90. The molecule has 3 rings (SSSR count). The summed E-state index contributed by atoms with van der Waals surface area (Å²) in [7, 11) is 0. The van der Waals surface area contributed by atoms with Crippen LogP contribution < -0.4 is 10.6 Å². The summed E-state index contributed by atoms with van der Waals surface area (Å²) in [6.45, 7) is 0.467. The fraction of sp³-hybridized carbons (Fsp3) is 0.357. The Hall–Kier alpha value is -2.15. The van der Waals surface area contributed by atoms with Crippen LogP contribution in [0.15, 0.2) is 18.2 Å². The van der Waals surface area contributed by atoms with Crippen molar-refractivity contribution < 1.29 is 18.8 Å². The van der Waals surface area contributed by atoms with E-state index in [0.29, 0.717) is 0 Å². The first-order chi connectivity index (χ1) is 10.4. The molecule has 116 valence electrons. The second-order valence-electron chi connectivity index (χ2n) is 5.38. The van der Waals surface area contributed by atoms with Crippen molar-refractivity contribution in [3.63, 3.8) is 0 Å². The number of amides is 4. The normalized spacial score (nSPS) is 20.0. The third-order valence-corrected chi connectivity index (χ3v) is 4.41. The van der Waals surface area contributed by atoms with Crippen LogP contribution in [0.1, 0.15) is 23.2 Å². The predicted octanol–water partition coefficient (Wildman–Crippen LogP) is 1.29. The lowest BCUT2D eigenvalue weighted by atomic mass is 9.87. The number of carbonyl (C=O) groups excluding carboxylic acids is 3. The number of hydrogen-bond donors (Lipinski definition) is 2. The maximum Gasteiger partial charge on any atom is 0.322 e. The lowest BCUT2D eigenvalue weighted by Gasteiger charge is -2.37. The predicted molar refractivity (Wildman–Crippen MR) is 76.0 cm³/mol. The van der Waals surface area contributed by atoms with Gasteiger partial charge in [-0.3, -0.25) is 14.9 Å². The molecule has 2 fully saturated rings. The van der Waals surface area contributed by atoms with E-state index in [2.05, 4.69) is 10.6 Å². The second kappa shape index (κ2) is 5.24. The highest BCUT2D eigenvalue weighted by atomic mass is 35.5. The van der Waals surface area contributed by atoms with Gasteiger partial charge in [0.2, 0.25) is 0 Å². The zero-order valence-electron chi connectivity index (χ0n) is 11.5. The Balaban J connectivity index is 1.76. The molecule has 0 bridgehead atoms. The van der Waals surface area contributed by atoms with Crippen LogP contribution >= 0.6 is 11.6 Å². The van der Waals surface area contributed by atoms with Crippen LogP contribution in [0, 0.1) is 5.82 Å². The van der Waals surface area contributed by atoms with Crippen LogP contribution in [-0.4, -0.2) is 41.4 Å². The topological polar surface area (TPSA) is 78.5 Å². The van der Waals surface area contributed by atoms with Gasteiger partial charge in [0.15, 0.2) is 0 Å². The van der Waals surface area contributed by atoms with Gasteiger partial charge in [0.25, 0.3) is 11.8 Å². The molecule has 0 aromatic heterocycles. The first-order valence-corrected chi connectivity index (χ1v) is 7.18. The third-order valence-electron chi connectivity index (χ3n) is 4.10. The van der Waals surface area contributed by atoms with Crippen molar-refractivity contribution in [2.24, 2.45) is 0 Å². The number of urea groups is 1. The minimum absolute atomic E-state index is 0.0530. The third kappa shape index (κ3) is 2.31. The van der Waals surface area contributed by atoms with E-state index in [4.69, 9.17) is 11.6 Å². The molecule has 2 aliphatic heterocycles. The summed E-state index contributed by atoms with van der Waals surface area (Å²) in [5.74, 6) is -1.57. The highest BCUT2D eigenvalue weighted by Gasteiger charge is 2.48. The van der Waals surface area contributed by atoms with Gasteiger partial charge >= 0.3 is 6.03 Å². The van der Waals surface area contributed by atoms with Gasteiger partial charge in [0.1, 0.15) is 11.4 Å². The number of piperidine rings is 1. The van der Waals surface area contributed by atoms with Crippen molar-refractivity contribution in [3.8, 4) is 0 Å². The molecule has 1 aromatic rings. The number of halogens is 2. The van der Waals surface area contributed by atoms with Crippen molar-refractivity contribution in [2.75, 3.05) is 13.1 Å². The van der Waals surface area contributed by atoms with Crippen molar-refractivity contribution in [1.29, 1.82) is 0 Å². The Kier molecular flexibility index (Phi) is 3.52. The highest BCUT2D eigenvalue weighted by molar-refractivity contribution is 6.33. The Morgan fingerprint density at radius 1 is 1.27 bits per heavy atom. The number of nitrogens with zero attached hydrogens (tertiary/aromatic N) is 1. The van der Waals surface area contributed by atoms with Gasteiger partial charge in [-0.05, 0) is 25.0 Å². The monoisotopic (exact) mass is 325 g/mol. The van der Waals surface area contributed by atoms with E-state index in [9.17, 15) is 18.8 Å². The Labute approximate surface area is 130 Å². The average Bonchev–Trinajstić information content (AvgIpc) is 2.73. The number of imide groups is 1. The summed E-state index contributed by atoms with van der Waals surface area (Å²) in [6.07, 6.45) is 0.560. The van der Waals surface area contributed by atoms with Crippen molar-refractivity contribution in [1.82, 2.24) is 15.5 Å². The second-order valence-corrected chi connectivity index (χ2v) is 5.79. The van der Waals surface area contributed by atoms with E-state index in [1.54, 1.807) is 0 Å². The van der Waals surface area contributed by atoms with Crippen molar-refractivity contribution in [3.05, 3.63) is 34.6 Å². The molecule has 1 aromatic carbocycles. The van der Waals surface area contributed by atoms with Gasteiger partial charge in [-0.1, -0.05) is 17.7 Å². The number of carbonyl (C=O) groups is 3. The molecule has 0 aliphatic carbocycles. The zero-order chi connectivity index (χ0) is 15.9. The Bertz CT molecular complexity index is 651. The molecule has 0 unspecified atom stereocenters. The molecule has 4 amide bonds. The number of benzene rings is 1. The molecule has 0 radical (unpaired) electrons. The van der Waals surface area contributed by atoms with E-state index >= 15 is 0 Å². The molecule has 0 saturated carbocycles. The molecule has 2 saturated heterocycles. The van der Waals surface area contributed by atoms with Gasteiger partial charge in [-0.25, -0.2) is 9.18 Å². The minimum atomic E-state index is -0.965. The fourth-order valence-corrected chi connectivity index (χ4v) is 3.08. The van der Waals surface area contributed by atoms with Crippen LogP contribution in [0.2, 0.25) is 5.02 Å². The molecule has 22 heavy (non-hydrogen) atoms. The lowest BCUT2D eigenvalue weighted by Crippen LogP contribution is -2.55. The molecule has 2 aliphatic rings. The largest absolute Gasteiger partial charge is 0.338 e. The first-order valence-electron chi connectivity index (χ1n) is 6.80. The summed E-state index contributed by atoms with van der Waals surface area (Å²) < 4.78 is 13.8. The number of hydrogen-bond acceptors (Lipinski definition) is 3. The van der Waals surface area contributed by atoms with E-state index in [1.165, 1.54) is 23.1 Å². The van der Waals surface area contributed by atoms with Crippen LogP contribution in [-0.2, 0) is 4.79 Å². The molecule has 2 heterocycles. The van der Waals surface area contributed by atoms with Gasteiger partial charge in [0.05, 0.1) is 10.6 Å². The molecule has 8 heteroatoms. The number of nitrogens with one attached hydrogen (secondary N) is 2. The molecule has 2 N–H and O–H groups in total. The van der Waals surface area contributed by atoms with Crippen LogP contribution in [0.25, 0.3) is 0 Å². The van der Waals surface area contributed by atoms with Gasteiger partial charge in [-0.15, -0.1) is 0 Å². The van der Waals surface area contributed by atoms with E-state index < -0.39 is 23.3 Å². The van der Waals surface area contributed by atoms with Crippen LogP contribution in [0.3, 0.4) is 0 Å². The lowest BCUT2D eigenvalue weighted by molar-refractivity contribution is -0.125. The molecule has 0 atom stereocenters. The molecular weight excluding hydrogens is 313 g/mol. The minimum Gasteiger partial charge on any atom is -0.338 e. The first kappa shape index (κ1) is 14.8. The fourth-order valence-electron chi connectivity index (χ4n) is 2.83. The van der Waals surface area contributed by atoms with Gasteiger partial charge < -0.3 is 10.2 Å². The van der Waals surface area contributed by atoms with Crippen LogP contribution in [0.5, 0.6) is 0 Å². The zero-order valence-corrected chi connectivity index (χ0v) is 12.2. The van der Waals surface area contributed by atoms with Crippen molar-refractivity contribution >= 4 is 29.4 Å². The Morgan fingerprint density at radius 3 is 2.50 bits per heavy atom. The maximum absolute atomic E-state index is 13.8. The average molecular weight is 326 g/mol. The quantitative estimate of drug-likeness (QED) is 0.764. The SMILES string of the molecule is O=C1NC(=O)C2(CCN(C(=O)c3c(F)cccc3Cl)CC2)N1. The summed E-state index contributed by atoms with van der Waals surface area (Å²) in [5.41, 5.74) is -1.13. The smallest absolute Gasteiger partial charge is 0.322 e. The highest BCUT2D eigenvalue weighted by Crippen LogP contribution is 2.28. The molecule has 1 spiro atoms. The Morgan fingerprint density at radius 2 is 1.95 bits per heavy atom. The summed E-state index contributed by atoms with van der Waals surface area (Å²) in [4.78, 5) is 36.9. The van der Waals surface area contributed by atoms with E-state index in [1.807, 2.05) is 0 Å². The molecule has 6 nitrogen and oxygen atoms in total. The van der Waals surface area contributed by atoms with Crippen LogP contribution in [0.4, 0.5) is 9.18 Å². The number of likely N-dealkylation sites (tertiary alicyclic amines) is 1. The summed E-state index contributed by atoms with van der Waals surface area (Å²) in [6, 6.07) is 3.53. The van der Waals surface area contributed by atoms with Crippen molar-refractivity contribution in [2.45, 2.75) is 18.4 Å². The van der Waals surface area contributed by atoms with E-state index in [0.717, 1.165) is 0 Å². The standard InChI is InChI=1S/C14H13ClFN3O3/c15-8-2-1-3-9(16)10(8)11(20)19-6-4-14(5-7-19)12(21)17-13(22)18-14/h1-3H,4-7H2,(H2,17,18,21,22). The van der Waals surface area contributed by atoms with E-state index in [-0.39, 0.29) is 42.4 Å². The van der Waals surface area contributed by atoms with Gasteiger partial charge in [-0.2, -0.15) is 0 Å².